The largest absolute Gasteiger partial charge is 0.488 e. The molecule has 1 heterocycles. The van der Waals surface area contributed by atoms with Gasteiger partial charge in [0.1, 0.15) is 17.9 Å². The highest BCUT2D eigenvalue weighted by atomic mass is 79.9. The van der Waals surface area contributed by atoms with E-state index < -0.39 is 17.8 Å². The average Bonchev–Trinajstić information content (AvgIpc) is 2.81. The van der Waals surface area contributed by atoms with E-state index in [1.165, 1.54) is 6.08 Å². The molecule has 0 radical (unpaired) electrons. The molecule has 0 aromatic heterocycles. The van der Waals surface area contributed by atoms with Gasteiger partial charge in [-0.05, 0) is 82.0 Å². The van der Waals surface area contributed by atoms with Crippen molar-refractivity contribution < 1.29 is 19.1 Å². The van der Waals surface area contributed by atoms with Gasteiger partial charge in [0.2, 0.25) is 0 Å². The molecule has 6 nitrogen and oxygen atoms in total. The summed E-state index contributed by atoms with van der Waals surface area (Å²) in [6.45, 7) is 1.94. The van der Waals surface area contributed by atoms with Gasteiger partial charge in [0.25, 0.3) is 11.8 Å². The van der Waals surface area contributed by atoms with Crippen LogP contribution in [0.1, 0.15) is 16.7 Å². The summed E-state index contributed by atoms with van der Waals surface area (Å²) in [6, 6.07) is 14.3. The van der Waals surface area contributed by atoms with Crippen LogP contribution in [0.3, 0.4) is 0 Å². The van der Waals surface area contributed by atoms with Gasteiger partial charge in [0.15, 0.2) is 0 Å². The zero-order chi connectivity index (χ0) is 25.3. The third-order valence-electron chi connectivity index (χ3n) is 5.23. The molecule has 1 fully saturated rings. The van der Waals surface area contributed by atoms with Crippen molar-refractivity contribution in [3.63, 3.8) is 0 Å². The molecule has 0 unspecified atom stereocenters. The first-order valence-corrected chi connectivity index (χ1v) is 12.1. The predicted molar refractivity (Wildman–Crippen MR) is 140 cm³/mol. The molecule has 1 saturated heterocycles. The monoisotopic (exact) mass is 592 g/mol. The van der Waals surface area contributed by atoms with E-state index in [9.17, 15) is 14.4 Å². The van der Waals surface area contributed by atoms with Crippen molar-refractivity contribution in [1.82, 2.24) is 5.32 Å². The minimum absolute atomic E-state index is 0.194. The van der Waals surface area contributed by atoms with Crippen LogP contribution in [0.15, 0.2) is 64.6 Å². The van der Waals surface area contributed by atoms with E-state index in [1.54, 1.807) is 55.5 Å². The van der Waals surface area contributed by atoms with Crippen molar-refractivity contribution >= 4 is 80.3 Å². The van der Waals surface area contributed by atoms with Crippen LogP contribution >= 0.6 is 50.7 Å². The molecule has 0 saturated carbocycles. The Kier molecular flexibility index (Phi) is 7.52. The topological polar surface area (TPSA) is 75.7 Å². The number of amides is 4. The lowest BCUT2D eigenvalue weighted by molar-refractivity contribution is -0.122. The van der Waals surface area contributed by atoms with Crippen molar-refractivity contribution in [3.05, 3.63) is 96.4 Å². The molecule has 1 N–H and O–H groups in total. The number of hydrogen-bond acceptors (Lipinski definition) is 4. The van der Waals surface area contributed by atoms with Crippen LogP contribution < -0.4 is 15.0 Å². The van der Waals surface area contributed by atoms with Crippen LogP contribution in [0, 0.1) is 6.92 Å². The third kappa shape index (κ3) is 5.38. The molecular weight excluding hydrogens is 579 g/mol. The number of halogens is 4. The van der Waals surface area contributed by atoms with Gasteiger partial charge in [-0.3, -0.25) is 14.9 Å². The number of barbiturate groups is 1. The molecule has 3 aromatic rings. The lowest BCUT2D eigenvalue weighted by Crippen LogP contribution is -2.54. The maximum atomic E-state index is 13.2. The molecule has 4 rings (SSSR count). The highest BCUT2D eigenvalue weighted by Crippen LogP contribution is 2.31. The molecule has 4 amide bonds. The Morgan fingerprint density at radius 1 is 0.971 bits per heavy atom. The summed E-state index contributed by atoms with van der Waals surface area (Å²) in [6.07, 6.45) is 1.41. The molecule has 0 atom stereocenters. The van der Waals surface area contributed by atoms with Crippen molar-refractivity contribution in [1.29, 1.82) is 0 Å². The summed E-state index contributed by atoms with van der Waals surface area (Å²) >= 11 is 21.6. The number of imide groups is 2. The van der Waals surface area contributed by atoms with Crippen LogP contribution in [0.5, 0.6) is 5.75 Å². The quantitative estimate of drug-likeness (QED) is 0.256. The molecule has 178 valence electrons. The van der Waals surface area contributed by atoms with Gasteiger partial charge >= 0.3 is 6.03 Å². The van der Waals surface area contributed by atoms with Crippen LogP contribution in [0.2, 0.25) is 15.1 Å². The Labute approximate surface area is 224 Å². The van der Waals surface area contributed by atoms with E-state index in [0.717, 1.165) is 10.5 Å². The van der Waals surface area contributed by atoms with Gasteiger partial charge < -0.3 is 4.74 Å². The van der Waals surface area contributed by atoms with Crippen molar-refractivity contribution in [2.75, 3.05) is 4.90 Å². The van der Waals surface area contributed by atoms with E-state index >= 15 is 0 Å². The SMILES string of the molecule is Cc1c(Cl)cccc1N1C(=O)NC(=O)/C(=C\c2ccc(OCc3ccc(Cl)c(Cl)c3)c(Br)c2)C1=O. The maximum absolute atomic E-state index is 13.2. The van der Waals surface area contributed by atoms with E-state index in [4.69, 9.17) is 39.5 Å². The number of carbonyl (C=O) groups excluding carboxylic acids is 3. The Balaban J connectivity index is 1.58. The number of hydrogen-bond donors (Lipinski definition) is 1. The van der Waals surface area contributed by atoms with Crippen LogP contribution in [0.4, 0.5) is 10.5 Å². The highest BCUT2D eigenvalue weighted by Gasteiger charge is 2.37. The molecular formula is C25H16BrCl3N2O4. The third-order valence-corrected chi connectivity index (χ3v) is 7.00. The average molecular weight is 595 g/mol. The smallest absolute Gasteiger partial charge is 0.335 e. The summed E-state index contributed by atoms with van der Waals surface area (Å²) in [5.74, 6) is -0.990. The Hall–Kier alpha value is -2.84. The number of nitrogens with zero attached hydrogens (tertiary/aromatic N) is 1. The number of ether oxygens (including phenoxy) is 1. The zero-order valence-corrected chi connectivity index (χ0v) is 21.9. The normalized spacial score (nSPS) is 14.9. The zero-order valence-electron chi connectivity index (χ0n) is 18.1. The van der Waals surface area contributed by atoms with Crippen molar-refractivity contribution in [2.24, 2.45) is 0 Å². The predicted octanol–water partition coefficient (Wildman–Crippen LogP) is 6.96. The number of benzene rings is 3. The van der Waals surface area contributed by atoms with Crippen molar-refractivity contribution in [3.8, 4) is 5.75 Å². The van der Waals surface area contributed by atoms with Gasteiger partial charge in [0.05, 0.1) is 20.2 Å². The Morgan fingerprint density at radius 3 is 2.46 bits per heavy atom. The first-order chi connectivity index (χ1) is 16.7. The molecule has 35 heavy (non-hydrogen) atoms. The number of rotatable bonds is 5. The number of anilines is 1. The Morgan fingerprint density at radius 2 is 1.74 bits per heavy atom. The molecule has 0 spiro atoms. The molecule has 0 bridgehead atoms. The minimum atomic E-state index is -0.838. The fourth-order valence-corrected chi connectivity index (χ4v) is 4.40. The van der Waals surface area contributed by atoms with E-state index in [1.807, 2.05) is 6.07 Å². The lowest BCUT2D eigenvalue weighted by Gasteiger charge is -2.27. The summed E-state index contributed by atoms with van der Waals surface area (Å²) in [7, 11) is 0. The van der Waals surface area contributed by atoms with Gasteiger partial charge in [-0.25, -0.2) is 9.69 Å². The van der Waals surface area contributed by atoms with Crippen LogP contribution in [0.25, 0.3) is 6.08 Å². The van der Waals surface area contributed by atoms with Gasteiger partial charge in [0, 0.05) is 5.02 Å². The van der Waals surface area contributed by atoms with E-state index in [2.05, 4.69) is 21.2 Å². The lowest BCUT2D eigenvalue weighted by atomic mass is 10.1. The second-order valence-corrected chi connectivity index (χ2v) is 9.64. The molecule has 0 aliphatic carbocycles. The molecule has 10 heteroatoms. The van der Waals surface area contributed by atoms with Gasteiger partial charge in [-0.2, -0.15) is 0 Å². The Bertz CT molecular complexity index is 1410. The summed E-state index contributed by atoms with van der Waals surface area (Å²) < 4.78 is 6.44. The second-order valence-electron chi connectivity index (χ2n) is 7.57. The fourth-order valence-electron chi connectivity index (χ4n) is 3.40. The molecule has 3 aromatic carbocycles. The maximum Gasteiger partial charge on any atom is 0.335 e. The first-order valence-electron chi connectivity index (χ1n) is 10.2. The highest BCUT2D eigenvalue weighted by molar-refractivity contribution is 9.10. The van der Waals surface area contributed by atoms with Gasteiger partial charge in [-0.15, -0.1) is 0 Å². The standard InChI is InChI=1S/C25H16BrCl3N2O4/c1-13-18(27)3-2-4-21(13)31-24(33)16(23(32)30-25(31)34)9-14-6-8-22(17(26)10-14)35-12-15-5-7-19(28)20(29)11-15/h2-11H,12H2,1H3,(H,30,32,34)/b16-9+. The number of urea groups is 1. The summed E-state index contributed by atoms with van der Waals surface area (Å²) in [5.41, 5.74) is 2.03. The van der Waals surface area contributed by atoms with E-state index in [-0.39, 0.29) is 12.2 Å². The van der Waals surface area contributed by atoms with Crippen molar-refractivity contribution in [2.45, 2.75) is 13.5 Å². The molecule has 1 aliphatic heterocycles. The van der Waals surface area contributed by atoms with Gasteiger partial charge in [-0.1, -0.05) is 53.0 Å². The fraction of sp³-hybridized carbons (Fsp3) is 0.0800. The van der Waals surface area contributed by atoms with E-state index in [0.29, 0.717) is 42.1 Å². The summed E-state index contributed by atoms with van der Waals surface area (Å²) in [5, 5.41) is 3.50. The van der Waals surface area contributed by atoms with Crippen LogP contribution in [-0.4, -0.2) is 17.8 Å². The number of carbonyl (C=O) groups is 3. The summed E-state index contributed by atoms with van der Waals surface area (Å²) in [4.78, 5) is 39.0. The second kappa shape index (κ2) is 10.4. The van der Waals surface area contributed by atoms with Crippen LogP contribution in [-0.2, 0) is 16.2 Å². The minimum Gasteiger partial charge on any atom is -0.488 e. The number of nitrogens with one attached hydrogen (secondary N) is 1. The first kappa shape index (κ1) is 25.3. The molecule has 1 aliphatic rings.